The third-order valence-corrected chi connectivity index (χ3v) is 7.23. The van der Waals surface area contributed by atoms with Gasteiger partial charge in [-0.1, -0.05) is 61.2 Å². The second-order valence-electron chi connectivity index (χ2n) is 8.47. The number of nitrogens with one attached hydrogen (secondary N) is 1. The molecule has 2 aromatic carbocycles. The van der Waals surface area contributed by atoms with Gasteiger partial charge in [-0.15, -0.1) is 11.8 Å². The van der Waals surface area contributed by atoms with E-state index in [1.807, 2.05) is 31.2 Å². The van der Waals surface area contributed by atoms with Crippen molar-refractivity contribution in [3.05, 3.63) is 64.7 Å². The van der Waals surface area contributed by atoms with Crippen LogP contribution in [0, 0.1) is 6.92 Å². The molecule has 0 radical (unpaired) electrons. The fourth-order valence-electron chi connectivity index (χ4n) is 4.11. The molecule has 2 amide bonds. The molecule has 0 aliphatic heterocycles. The maximum atomic E-state index is 13.3. The summed E-state index contributed by atoms with van der Waals surface area (Å²) in [5, 5.41) is 3.85. The van der Waals surface area contributed by atoms with Crippen molar-refractivity contribution in [1.29, 1.82) is 0 Å². The van der Waals surface area contributed by atoms with Crippen LogP contribution in [0.5, 0.6) is 0 Å². The zero-order valence-electron chi connectivity index (χ0n) is 19.0. The van der Waals surface area contributed by atoms with Crippen molar-refractivity contribution in [3.8, 4) is 0 Å². The van der Waals surface area contributed by atoms with Gasteiger partial charge in [0.1, 0.15) is 6.04 Å². The first-order chi connectivity index (χ1) is 15.5. The molecule has 0 saturated heterocycles. The molecule has 6 heteroatoms. The summed E-state index contributed by atoms with van der Waals surface area (Å²) in [7, 11) is 0. The van der Waals surface area contributed by atoms with Crippen LogP contribution in [0.4, 0.5) is 0 Å². The van der Waals surface area contributed by atoms with Crippen LogP contribution in [0.15, 0.2) is 53.4 Å². The summed E-state index contributed by atoms with van der Waals surface area (Å²) >= 11 is 7.71. The normalized spacial score (nSPS) is 14.8. The number of thioether (sulfide) groups is 1. The maximum absolute atomic E-state index is 13.3. The Kier molecular flexibility index (Phi) is 9.49. The zero-order chi connectivity index (χ0) is 22.9. The Morgan fingerprint density at radius 1 is 1.09 bits per heavy atom. The van der Waals surface area contributed by atoms with Crippen LogP contribution in [-0.4, -0.2) is 34.6 Å². The zero-order valence-corrected chi connectivity index (χ0v) is 20.6. The fourth-order valence-corrected chi connectivity index (χ4v) is 5.07. The second-order valence-corrected chi connectivity index (χ2v) is 10.1. The number of hydrogen-bond donors (Lipinski definition) is 1. The molecule has 0 heterocycles. The van der Waals surface area contributed by atoms with Gasteiger partial charge in [0.25, 0.3) is 0 Å². The largest absolute Gasteiger partial charge is 0.352 e. The minimum atomic E-state index is -0.469. The summed E-state index contributed by atoms with van der Waals surface area (Å²) < 4.78 is 0. The molecule has 1 N–H and O–H groups in total. The first-order valence-corrected chi connectivity index (χ1v) is 12.9. The topological polar surface area (TPSA) is 49.4 Å². The Hall–Kier alpha value is -1.98. The Balaban J connectivity index is 1.68. The standard InChI is InChI=1S/C26H33ClN2O2S/c1-3-24(26(31)28-22-6-4-5-7-22)29(18-20-10-12-21(27)13-11-20)25(30)16-17-32-23-14-8-19(2)9-15-23/h8-15,22,24H,3-7,16-18H2,1-2H3,(H,28,31)/t24-/m1/s1. The molecule has 1 fully saturated rings. The first-order valence-electron chi connectivity index (χ1n) is 11.5. The third-order valence-electron chi connectivity index (χ3n) is 5.96. The SMILES string of the molecule is CC[C@H](C(=O)NC1CCCC1)N(Cc1ccc(Cl)cc1)C(=O)CCSc1ccc(C)cc1. The Labute approximate surface area is 201 Å². The Bertz CT molecular complexity index is 880. The van der Waals surface area contributed by atoms with E-state index >= 15 is 0 Å². The number of hydrogen-bond acceptors (Lipinski definition) is 3. The Morgan fingerprint density at radius 2 is 1.75 bits per heavy atom. The van der Waals surface area contributed by atoms with Gasteiger partial charge < -0.3 is 10.2 Å². The molecule has 1 saturated carbocycles. The van der Waals surface area contributed by atoms with Crippen LogP contribution in [0.2, 0.25) is 5.02 Å². The van der Waals surface area contributed by atoms with Crippen molar-refractivity contribution < 1.29 is 9.59 Å². The van der Waals surface area contributed by atoms with E-state index in [-0.39, 0.29) is 17.9 Å². The lowest BCUT2D eigenvalue weighted by Crippen LogP contribution is -2.51. The lowest BCUT2D eigenvalue weighted by Gasteiger charge is -2.31. The van der Waals surface area contributed by atoms with E-state index in [4.69, 9.17) is 11.6 Å². The molecule has 0 bridgehead atoms. The van der Waals surface area contributed by atoms with Gasteiger partial charge in [-0.2, -0.15) is 0 Å². The number of nitrogens with zero attached hydrogens (tertiary/aromatic N) is 1. The fraction of sp³-hybridized carbons (Fsp3) is 0.462. The highest BCUT2D eigenvalue weighted by Crippen LogP contribution is 2.22. The lowest BCUT2D eigenvalue weighted by atomic mass is 10.1. The molecule has 2 aromatic rings. The van der Waals surface area contributed by atoms with Crippen molar-refractivity contribution in [1.82, 2.24) is 10.2 Å². The van der Waals surface area contributed by atoms with Crippen molar-refractivity contribution in [2.24, 2.45) is 0 Å². The van der Waals surface area contributed by atoms with Gasteiger partial charge >= 0.3 is 0 Å². The number of carbonyl (C=O) groups is 2. The van der Waals surface area contributed by atoms with Crippen molar-refractivity contribution in [2.45, 2.75) is 75.9 Å². The highest BCUT2D eigenvalue weighted by molar-refractivity contribution is 7.99. The van der Waals surface area contributed by atoms with E-state index in [0.717, 1.165) is 36.1 Å². The van der Waals surface area contributed by atoms with Crippen molar-refractivity contribution >= 4 is 35.2 Å². The number of benzene rings is 2. The predicted molar refractivity (Wildman–Crippen MR) is 133 cm³/mol. The van der Waals surface area contributed by atoms with Crippen LogP contribution in [-0.2, 0) is 16.1 Å². The molecular formula is C26H33ClN2O2S. The molecule has 1 atom stereocenters. The second kappa shape index (κ2) is 12.3. The van der Waals surface area contributed by atoms with Gasteiger partial charge in [-0.05, 0) is 56.0 Å². The molecule has 1 aliphatic carbocycles. The molecule has 3 rings (SSSR count). The quantitative estimate of drug-likeness (QED) is 0.431. The van der Waals surface area contributed by atoms with Gasteiger partial charge in [0, 0.05) is 34.7 Å². The summed E-state index contributed by atoms with van der Waals surface area (Å²) in [5.74, 6) is 0.653. The number of aryl methyl sites for hydroxylation is 1. The summed E-state index contributed by atoms with van der Waals surface area (Å²) in [4.78, 5) is 29.3. The van der Waals surface area contributed by atoms with Gasteiger partial charge in [-0.25, -0.2) is 0 Å². The summed E-state index contributed by atoms with van der Waals surface area (Å²) in [5.41, 5.74) is 2.19. The van der Waals surface area contributed by atoms with Gasteiger partial charge in [0.2, 0.25) is 11.8 Å². The van der Waals surface area contributed by atoms with Crippen molar-refractivity contribution in [3.63, 3.8) is 0 Å². The van der Waals surface area contributed by atoms with Crippen LogP contribution in [0.25, 0.3) is 0 Å². The highest BCUT2D eigenvalue weighted by atomic mass is 35.5. The number of amides is 2. The molecule has 1 aliphatic rings. The van der Waals surface area contributed by atoms with Crippen LogP contribution >= 0.6 is 23.4 Å². The average molecular weight is 473 g/mol. The Morgan fingerprint density at radius 3 is 2.38 bits per heavy atom. The molecule has 0 spiro atoms. The summed E-state index contributed by atoms with van der Waals surface area (Å²) in [6.07, 6.45) is 5.35. The number of rotatable bonds is 10. The molecule has 172 valence electrons. The van der Waals surface area contributed by atoms with E-state index in [2.05, 4.69) is 36.5 Å². The van der Waals surface area contributed by atoms with E-state index in [0.29, 0.717) is 30.2 Å². The lowest BCUT2D eigenvalue weighted by molar-refractivity contribution is -0.141. The van der Waals surface area contributed by atoms with Gasteiger partial charge in [0.05, 0.1) is 0 Å². The van der Waals surface area contributed by atoms with Gasteiger partial charge in [0.15, 0.2) is 0 Å². The number of halogens is 1. The smallest absolute Gasteiger partial charge is 0.243 e. The minimum Gasteiger partial charge on any atom is -0.352 e. The molecule has 0 unspecified atom stereocenters. The van der Waals surface area contributed by atoms with E-state index < -0.39 is 6.04 Å². The van der Waals surface area contributed by atoms with Crippen LogP contribution < -0.4 is 5.32 Å². The third kappa shape index (κ3) is 7.28. The monoisotopic (exact) mass is 472 g/mol. The summed E-state index contributed by atoms with van der Waals surface area (Å²) in [6, 6.07) is 15.6. The molecule has 0 aromatic heterocycles. The van der Waals surface area contributed by atoms with E-state index in [9.17, 15) is 9.59 Å². The van der Waals surface area contributed by atoms with E-state index in [1.54, 1.807) is 16.7 Å². The maximum Gasteiger partial charge on any atom is 0.243 e. The first kappa shape index (κ1) is 24.7. The molecule has 32 heavy (non-hydrogen) atoms. The highest BCUT2D eigenvalue weighted by Gasteiger charge is 2.30. The van der Waals surface area contributed by atoms with Crippen LogP contribution in [0.1, 0.15) is 56.6 Å². The molecule has 4 nitrogen and oxygen atoms in total. The number of carbonyl (C=O) groups excluding carboxylic acids is 2. The van der Waals surface area contributed by atoms with E-state index in [1.165, 1.54) is 5.56 Å². The average Bonchev–Trinajstić information content (AvgIpc) is 3.29. The van der Waals surface area contributed by atoms with Crippen LogP contribution in [0.3, 0.4) is 0 Å². The summed E-state index contributed by atoms with van der Waals surface area (Å²) in [6.45, 7) is 4.44. The van der Waals surface area contributed by atoms with Crippen molar-refractivity contribution in [2.75, 3.05) is 5.75 Å². The van der Waals surface area contributed by atoms with Gasteiger partial charge in [-0.3, -0.25) is 9.59 Å². The minimum absolute atomic E-state index is 0.00739. The predicted octanol–water partition coefficient (Wildman–Crippen LogP) is 6.00. The molecular weight excluding hydrogens is 440 g/mol.